The molecule has 88 valence electrons. The van der Waals surface area contributed by atoms with E-state index in [-0.39, 0.29) is 11.4 Å². The first kappa shape index (κ1) is 11.2. The summed E-state index contributed by atoms with van der Waals surface area (Å²) in [6, 6.07) is 8.22. The molecule has 1 heterocycles. The maximum absolute atomic E-state index is 11.3. The Morgan fingerprint density at radius 1 is 1.35 bits per heavy atom. The van der Waals surface area contributed by atoms with Crippen LogP contribution in [0.3, 0.4) is 0 Å². The van der Waals surface area contributed by atoms with E-state index in [1.54, 1.807) is 24.3 Å². The SMILES string of the molecule is CCc1nc(Oc2ccc(N)cc2)cc(=O)[nH]1. The summed E-state index contributed by atoms with van der Waals surface area (Å²) in [5, 5.41) is 0. The largest absolute Gasteiger partial charge is 0.439 e. The fourth-order valence-electron chi connectivity index (χ4n) is 1.36. The molecule has 5 nitrogen and oxygen atoms in total. The number of H-pyrrole nitrogens is 1. The van der Waals surface area contributed by atoms with Crippen molar-refractivity contribution in [3.63, 3.8) is 0 Å². The molecule has 0 atom stereocenters. The Morgan fingerprint density at radius 3 is 2.71 bits per heavy atom. The molecular weight excluding hydrogens is 218 g/mol. The van der Waals surface area contributed by atoms with Gasteiger partial charge in [-0.1, -0.05) is 6.92 Å². The first-order valence-corrected chi connectivity index (χ1v) is 5.31. The Kier molecular flexibility index (Phi) is 3.09. The fraction of sp³-hybridized carbons (Fsp3) is 0.167. The van der Waals surface area contributed by atoms with Crippen molar-refractivity contribution in [2.75, 3.05) is 5.73 Å². The van der Waals surface area contributed by atoms with Crippen molar-refractivity contribution < 1.29 is 4.74 Å². The summed E-state index contributed by atoms with van der Waals surface area (Å²) in [6.45, 7) is 1.91. The Labute approximate surface area is 98.3 Å². The van der Waals surface area contributed by atoms with Crippen LogP contribution in [0.15, 0.2) is 35.1 Å². The number of anilines is 1. The van der Waals surface area contributed by atoms with Crippen LogP contribution in [0.4, 0.5) is 5.69 Å². The van der Waals surface area contributed by atoms with Crippen molar-refractivity contribution in [2.45, 2.75) is 13.3 Å². The van der Waals surface area contributed by atoms with Gasteiger partial charge in [0.1, 0.15) is 11.6 Å². The summed E-state index contributed by atoms with van der Waals surface area (Å²) < 4.78 is 5.47. The number of nitrogens with one attached hydrogen (secondary N) is 1. The third-order valence-corrected chi connectivity index (χ3v) is 2.20. The number of rotatable bonds is 3. The number of aryl methyl sites for hydroxylation is 1. The maximum Gasteiger partial charge on any atom is 0.254 e. The average molecular weight is 231 g/mol. The summed E-state index contributed by atoms with van der Waals surface area (Å²) in [4.78, 5) is 18.1. The van der Waals surface area contributed by atoms with Crippen molar-refractivity contribution in [1.82, 2.24) is 9.97 Å². The number of nitrogen functional groups attached to an aromatic ring is 1. The summed E-state index contributed by atoms with van der Waals surface area (Å²) >= 11 is 0. The molecule has 2 aromatic rings. The van der Waals surface area contributed by atoms with Gasteiger partial charge in [0.15, 0.2) is 0 Å². The van der Waals surface area contributed by atoms with E-state index < -0.39 is 0 Å². The molecule has 5 heteroatoms. The van der Waals surface area contributed by atoms with Gasteiger partial charge in [0.2, 0.25) is 5.88 Å². The highest BCUT2D eigenvalue weighted by Gasteiger charge is 2.02. The van der Waals surface area contributed by atoms with E-state index >= 15 is 0 Å². The van der Waals surface area contributed by atoms with Gasteiger partial charge in [-0.05, 0) is 24.3 Å². The van der Waals surface area contributed by atoms with Gasteiger partial charge in [-0.3, -0.25) is 4.79 Å². The summed E-state index contributed by atoms with van der Waals surface area (Å²) in [7, 11) is 0. The van der Waals surface area contributed by atoms with Crippen molar-refractivity contribution in [1.29, 1.82) is 0 Å². The van der Waals surface area contributed by atoms with Crippen LogP contribution in [0.5, 0.6) is 11.6 Å². The number of nitrogens with zero attached hydrogens (tertiary/aromatic N) is 1. The lowest BCUT2D eigenvalue weighted by atomic mass is 10.3. The minimum atomic E-state index is -0.220. The Hall–Kier alpha value is -2.30. The van der Waals surface area contributed by atoms with Crippen molar-refractivity contribution in [3.05, 3.63) is 46.5 Å². The van der Waals surface area contributed by atoms with Crippen LogP contribution in [0, 0.1) is 0 Å². The fourth-order valence-corrected chi connectivity index (χ4v) is 1.36. The molecule has 0 radical (unpaired) electrons. The molecular formula is C12H13N3O2. The van der Waals surface area contributed by atoms with Gasteiger partial charge in [0.25, 0.3) is 5.56 Å². The number of aromatic nitrogens is 2. The molecule has 0 saturated heterocycles. The molecule has 0 spiro atoms. The molecule has 0 aliphatic rings. The quantitative estimate of drug-likeness (QED) is 0.788. The van der Waals surface area contributed by atoms with E-state index in [0.29, 0.717) is 23.7 Å². The highest BCUT2D eigenvalue weighted by molar-refractivity contribution is 5.42. The van der Waals surface area contributed by atoms with Crippen molar-refractivity contribution in [3.8, 4) is 11.6 Å². The summed E-state index contributed by atoms with van der Waals surface area (Å²) in [6.07, 6.45) is 0.647. The molecule has 0 saturated carbocycles. The number of ether oxygens (including phenoxy) is 1. The minimum Gasteiger partial charge on any atom is -0.439 e. The first-order chi connectivity index (χ1) is 8.17. The molecule has 0 aliphatic heterocycles. The van der Waals surface area contributed by atoms with Crippen LogP contribution in [-0.2, 0) is 6.42 Å². The lowest BCUT2D eigenvalue weighted by Crippen LogP contribution is -2.10. The number of nitrogens with two attached hydrogens (primary N) is 1. The molecule has 0 fully saturated rings. The van der Waals surface area contributed by atoms with E-state index in [1.165, 1.54) is 6.07 Å². The highest BCUT2D eigenvalue weighted by Crippen LogP contribution is 2.19. The van der Waals surface area contributed by atoms with Crippen LogP contribution in [0.1, 0.15) is 12.7 Å². The van der Waals surface area contributed by atoms with Gasteiger partial charge in [-0.2, -0.15) is 4.98 Å². The monoisotopic (exact) mass is 231 g/mol. The van der Waals surface area contributed by atoms with Gasteiger partial charge in [-0.25, -0.2) is 0 Å². The molecule has 0 aliphatic carbocycles. The van der Waals surface area contributed by atoms with Crippen molar-refractivity contribution >= 4 is 5.69 Å². The lowest BCUT2D eigenvalue weighted by Gasteiger charge is -2.05. The second kappa shape index (κ2) is 4.69. The summed E-state index contributed by atoms with van der Waals surface area (Å²) in [5.41, 5.74) is 6.00. The molecule has 17 heavy (non-hydrogen) atoms. The third-order valence-electron chi connectivity index (χ3n) is 2.20. The zero-order chi connectivity index (χ0) is 12.3. The predicted molar refractivity (Wildman–Crippen MR) is 65.2 cm³/mol. The molecule has 3 N–H and O–H groups in total. The smallest absolute Gasteiger partial charge is 0.254 e. The van der Waals surface area contributed by atoms with Crippen LogP contribution in [0.25, 0.3) is 0 Å². The number of aromatic amines is 1. The van der Waals surface area contributed by atoms with Crippen LogP contribution in [0.2, 0.25) is 0 Å². The van der Waals surface area contributed by atoms with Gasteiger partial charge >= 0.3 is 0 Å². The number of hydrogen-bond donors (Lipinski definition) is 2. The topological polar surface area (TPSA) is 81.0 Å². The van der Waals surface area contributed by atoms with E-state index in [2.05, 4.69) is 9.97 Å². The number of hydrogen-bond acceptors (Lipinski definition) is 4. The Bertz CT molecular complexity index is 561. The number of benzene rings is 1. The zero-order valence-electron chi connectivity index (χ0n) is 9.43. The molecule has 2 rings (SSSR count). The maximum atomic E-state index is 11.3. The second-order valence-electron chi connectivity index (χ2n) is 3.55. The average Bonchev–Trinajstić information content (AvgIpc) is 2.31. The van der Waals surface area contributed by atoms with E-state index in [9.17, 15) is 4.79 Å². The van der Waals surface area contributed by atoms with Crippen LogP contribution < -0.4 is 16.0 Å². The molecule has 1 aromatic heterocycles. The Morgan fingerprint density at radius 2 is 2.06 bits per heavy atom. The molecule has 0 bridgehead atoms. The van der Waals surface area contributed by atoms with Gasteiger partial charge in [-0.15, -0.1) is 0 Å². The lowest BCUT2D eigenvalue weighted by molar-refractivity contribution is 0.458. The third kappa shape index (κ3) is 2.84. The zero-order valence-corrected chi connectivity index (χ0v) is 9.43. The van der Waals surface area contributed by atoms with E-state index in [0.717, 1.165) is 0 Å². The first-order valence-electron chi connectivity index (χ1n) is 5.31. The minimum absolute atomic E-state index is 0.220. The summed E-state index contributed by atoms with van der Waals surface area (Å²) in [5.74, 6) is 1.48. The van der Waals surface area contributed by atoms with E-state index in [1.807, 2.05) is 6.92 Å². The van der Waals surface area contributed by atoms with Crippen LogP contribution in [-0.4, -0.2) is 9.97 Å². The predicted octanol–water partition coefficient (Wildman–Crippen LogP) is 1.71. The Balaban J connectivity index is 2.26. The van der Waals surface area contributed by atoms with Crippen molar-refractivity contribution in [2.24, 2.45) is 0 Å². The van der Waals surface area contributed by atoms with E-state index in [4.69, 9.17) is 10.5 Å². The molecule has 0 unspecified atom stereocenters. The highest BCUT2D eigenvalue weighted by atomic mass is 16.5. The van der Waals surface area contributed by atoms with Crippen LogP contribution >= 0.6 is 0 Å². The molecule has 0 amide bonds. The van der Waals surface area contributed by atoms with Gasteiger partial charge in [0.05, 0.1) is 6.07 Å². The van der Waals surface area contributed by atoms with Gasteiger partial charge < -0.3 is 15.5 Å². The molecule has 1 aromatic carbocycles. The second-order valence-corrected chi connectivity index (χ2v) is 3.55. The standard InChI is InChI=1S/C12H13N3O2/c1-2-10-14-11(16)7-12(15-10)17-9-5-3-8(13)4-6-9/h3-7H,2,13H2,1H3,(H,14,15,16). The normalized spacial score (nSPS) is 10.2. The van der Waals surface area contributed by atoms with Gasteiger partial charge in [0, 0.05) is 12.1 Å².